The Labute approximate surface area is 230 Å². The monoisotopic (exact) mass is 588 g/mol. The van der Waals surface area contributed by atoms with Crippen LogP contribution in [-0.4, -0.2) is 31.2 Å². The number of carbonyl (C=O) groups is 1. The minimum Gasteiger partial charge on any atom is -0.495 e. The highest BCUT2D eigenvalue weighted by molar-refractivity contribution is 7.86. The summed E-state index contributed by atoms with van der Waals surface area (Å²) in [4.78, 5) is 11.0. The predicted octanol–water partition coefficient (Wildman–Crippen LogP) is 0.858. The van der Waals surface area contributed by atoms with Crippen LogP contribution in [0.4, 0.5) is 0 Å². The topological polar surface area (TPSA) is 204 Å². The third kappa shape index (κ3) is 6.63. The lowest BCUT2D eigenvalue weighted by molar-refractivity contribution is -2.00. The molecule has 2 N–H and O–H groups in total. The van der Waals surface area contributed by atoms with Crippen molar-refractivity contribution < 1.29 is 60.9 Å². The third-order valence-electron chi connectivity index (χ3n) is 6.16. The van der Waals surface area contributed by atoms with Gasteiger partial charge in [0.2, 0.25) is 0 Å². The van der Waals surface area contributed by atoms with Gasteiger partial charge in [0.1, 0.15) is 10.6 Å². The van der Waals surface area contributed by atoms with Gasteiger partial charge in [0.25, 0.3) is 10.1 Å². The van der Waals surface area contributed by atoms with Crippen LogP contribution >= 0.6 is 0 Å². The molecule has 1 aliphatic rings. The lowest BCUT2D eigenvalue weighted by Gasteiger charge is -2.17. The van der Waals surface area contributed by atoms with E-state index >= 15 is 0 Å². The van der Waals surface area contributed by atoms with Crippen LogP contribution in [0.25, 0.3) is 33.8 Å². The summed E-state index contributed by atoms with van der Waals surface area (Å²) >= 11 is 0. The first-order valence-corrected chi connectivity index (χ1v) is 14.1. The summed E-state index contributed by atoms with van der Waals surface area (Å²) in [5, 5.41) is 9.24. The summed E-state index contributed by atoms with van der Waals surface area (Å²) in [7, 11) is -8.13. The quantitative estimate of drug-likeness (QED) is 0.247. The number of carboxylic acids is 1. The number of methoxy groups -OCH3 is 1. The zero-order valence-electron chi connectivity index (χ0n) is 20.7. The van der Waals surface area contributed by atoms with Crippen LogP contribution < -0.4 is 23.4 Å². The average Bonchev–Trinajstić information content (AvgIpc) is 2.90. The van der Waals surface area contributed by atoms with Gasteiger partial charge >= 0.3 is 17.5 Å². The van der Waals surface area contributed by atoms with Gasteiger partial charge in [0, 0.05) is 5.56 Å². The minimum atomic E-state index is -4.94. The molecule has 40 heavy (non-hydrogen) atoms. The smallest absolute Gasteiger partial charge is 0.364 e. The minimum absolute atomic E-state index is 0.0422. The van der Waals surface area contributed by atoms with Crippen LogP contribution in [0.1, 0.15) is 21.5 Å². The van der Waals surface area contributed by atoms with Crippen molar-refractivity contribution in [3.8, 4) is 39.5 Å². The van der Waals surface area contributed by atoms with Crippen molar-refractivity contribution >= 4 is 16.1 Å². The van der Waals surface area contributed by atoms with Crippen LogP contribution in [0.15, 0.2) is 82.1 Å². The lowest BCUT2D eigenvalue weighted by Crippen LogP contribution is -2.68. The number of hydrogen-bond donors (Lipinski definition) is 2. The molecular formula is C27H21ClO11S. The highest BCUT2D eigenvalue weighted by atomic mass is 35.7. The maximum Gasteiger partial charge on any atom is 0.364 e. The van der Waals surface area contributed by atoms with E-state index < -0.39 is 26.3 Å². The van der Waals surface area contributed by atoms with Crippen LogP contribution in [0, 0.1) is 10.2 Å². The molecule has 1 aromatic heterocycles. The Morgan fingerprint density at radius 1 is 0.900 bits per heavy atom. The maximum atomic E-state index is 12.0. The molecule has 0 atom stereocenters. The fourth-order valence-electron chi connectivity index (χ4n) is 4.45. The highest BCUT2D eigenvalue weighted by Gasteiger charge is 2.32. The molecule has 1 heterocycles. The number of rotatable bonds is 5. The average molecular weight is 589 g/mol. The Balaban J connectivity index is 0.000000681. The van der Waals surface area contributed by atoms with Crippen molar-refractivity contribution in [1.82, 2.24) is 0 Å². The standard InChI is InChI=1S/C27H20O7S.ClHO4/c1-33-23-13-11-19(14-25(23)35(30,31)32)22-15-24(17-6-8-18(9-7-17)27(28)29)34-26-20-5-3-2-4-16(20)10-12-21(22)26;2-1(3,4)5/h2-9,11,13-15H,10,12H2,1H3,(H-,28,29,30,31,32);(H,2,3,4,5). The number of aryl methyl sites for hydroxylation is 1. The van der Waals surface area contributed by atoms with E-state index in [1.807, 2.05) is 30.3 Å². The van der Waals surface area contributed by atoms with Gasteiger partial charge < -0.3 is 9.84 Å². The molecule has 0 fully saturated rings. The molecule has 4 aromatic rings. The van der Waals surface area contributed by atoms with E-state index in [4.69, 9.17) is 27.8 Å². The summed E-state index contributed by atoms with van der Waals surface area (Å²) < 4.78 is 79.3. The fourth-order valence-corrected chi connectivity index (χ4v) is 5.13. The number of hydrogen-bond acceptors (Lipinski definition) is 8. The maximum absolute atomic E-state index is 12.0. The molecule has 0 amide bonds. The van der Waals surface area contributed by atoms with E-state index in [9.17, 15) is 22.9 Å². The number of fused-ring (bicyclic) bond motifs is 3. The van der Waals surface area contributed by atoms with Crippen LogP contribution in [-0.2, 0) is 23.0 Å². The van der Waals surface area contributed by atoms with Gasteiger partial charge in [-0.05, 0) is 66.4 Å². The molecule has 0 bridgehead atoms. The van der Waals surface area contributed by atoms with Gasteiger partial charge in [0.15, 0.2) is 0 Å². The van der Waals surface area contributed by atoms with Crippen molar-refractivity contribution in [2.24, 2.45) is 0 Å². The molecule has 11 nitrogen and oxygen atoms in total. The Morgan fingerprint density at radius 2 is 1.52 bits per heavy atom. The number of carboxylic acid groups (broad SMARTS) is 1. The second-order valence-corrected chi connectivity index (χ2v) is 10.7. The third-order valence-corrected chi connectivity index (χ3v) is 7.04. The van der Waals surface area contributed by atoms with Gasteiger partial charge in [0.05, 0.1) is 35.4 Å². The lowest BCUT2D eigenvalue weighted by atomic mass is 9.85. The second-order valence-electron chi connectivity index (χ2n) is 8.59. The van der Waals surface area contributed by atoms with E-state index in [1.165, 1.54) is 31.4 Å². The first kappa shape index (κ1) is 29.1. The van der Waals surface area contributed by atoms with Gasteiger partial charge in [-0.3, -0.25) is 4.55 Å². The van der Waals surface area contributed by atoms with Crippen LogP contribution in [0.5, 0.6) is 5.75 Å². The number of aromatic carboxylic acids is 1. The molecule has 0 radical (unpaired) electrons. The Morgan fingerprint density at radius 3 is 2.12 bits per heavy atom. The molecular weight excluding hydrogens is 568 g/mol. The first-order chi connectivity index (χ1) is 18.8. The number of halogens is 1. The van der Waals surface area contributed by atoms with Gasteiger partial charge in [-0.25, -0.2) is 27.8 Å². The Kier molecular flexibility index (Phi) is 8.23. The van der Waals surface area contributed by atoms with Crippen molar-refractivity contribution in [1.29, 1.82) is 0 Å². The van der Waals surface area contributed by atoms with Crippen molar-refractivity contribution in [2.75, 3.05) is 7.11 Å². The molecule has 5 rings (SSSR count). The Hall–Kier alpha value is -3.88. The first-order valence-electron chi connectivity index (χ1n) is 11.5. The van der Waals surface area contributed by atoms with E-state index in [0.717, 1.165) is 28.7 Å². The van der Waals surface area contributed by atoms with Gasteiger partial charge in [-0.2, -0.15) is 8.42 Å². The number of benzene rings is 3. The molecule has 208 valence electrons. The Bertz CT molecular complexity index is 1670. The largest absolute Gasteiger partial charge is 0.495 e. The summed E-state index contributed by atoms with van der Waals surface area (Å²) in [6, 6.07) is 20.7. The van der Waals surface area contributed by atoms with Crippen molar-refractivity contribution in [2.45, 2.75) is 17.7 Å². The molecule has 0 saturated heterocycles. The summed E-state index contributed by atoms with van der Waals surface area (Å²) in [6.45, 7) is 0. The summed E-state index contributed by atoms with van der Waals surface area (Å²) in [5.41, 5.74) is 5.17. The van der Waals surface area contributed by atoms with E-state index in [1.54, 1.807) is 18.2 Å². The molecule has 13 heteroatoms. The van der Waals surface area contributed by atoms with Crippen LogP contribution in [0.3, 0.4) is 0 Å². The SMILES string of the molecule is COc1ccc(-c2cc(-c3ccc(C(=O)O)cc3)[o+]c3c2CCc2ccccc2-3)cc1S(=O)(=O)O.[O-][Cl+3]([O-])([O-])[O-]. The fraction of sp³-hybridized carbons (Fsp3) is 0.111. The van der Waals surface area contributed by atoms with E-state index in [2.05, 4.69) is 0 Å². The summed E-state index contributed by atoms with van der Waals surface area (Å²) in [5.74, 6) is 0.188. The zero-order valence-corrected chi connectivity index (χ0v) is 22.3. The molecule has 0 aliphatic heterocycles. The van der Waals surface area contributed by atoms with E-state index in [-0.39, 0.29) is 16.2 Å². The van der Waals surface area contributed by atoms with Crippen LogP contribution in [0.2, 0.25) is 0 Å². The van der Waals surface area contributed by atoms with Gasteiger partial charge in [-0.15, -0.1) is 10.2 Å². The normalized spacial score (nSPS) is 12.4. The van der Waals surface area contributed by atoms with Gasteiger partial charge in [-0.1, -0.05) is 24.3 Å². The van der Waals surface area contributed by atoms with Crippen molar-refractivity contribution in [3.05, 3.63) is 89.5 Å². The predicted molar refractivity (Wildman–Crippen MR) is 130 cm³/mol. The van der Waals surface area contributed by atoms with Crippen molar-refractivity contribution in [3.63, 3.8) is 0 Å². The molecule has 0 saturated carbocycles. The highest BCUT2D eigenvalue weighted by Crippen LogP contribution is 2.43. The molecule has 0 unspecified atom stereocenters. The summed E-state index contributed by atoms with van der Waals surface area (Å²) in [6.07, 6.45) is 1.47. The molecule has 0 spiro atoms. The molecule has 1 aliphatic carbocycles. The number of ether oxygens (including phenoxy) is 1. The molecule has 3 aromatic carbocycles. The van der Waals surface area contributed by atoms with E-state index in [0.29, 0.717) is 29.1 Å². The second kappa shape index (κ2) is 11.3. The zero-order chi connectivity index (χ0) is 29.2.